The van der Waals surface area contributed by atoms with Crippen LogP contribution in [0.3, 0.4) is 0 Å². The largest absolute Gasteiger partial charge is 0.342 e. The van der Waals surface area contributed by atoms with E-state index in [2.05, 4.69) is 45.3 Å². The van der Waals surface area contributed by atoms with Gasteiger partial charge in [0.15, 0.2) is 11.6 Å². The normalized spacial score (nSPS) is 19.2. The summed E-state index contributed by atoms with van der Waals surface area (Å²) in [6, 6.07) is 14.3. The summed E-state index contributed by atoms with van der Waals surface area (Å²) in [5.74, 6) is 0.536. The number of hydrogen-bond donors (Lipinski definition) is 2. The first-order chi connectivity index (χ1) is 15.2. The molecule has 3 aromatic rings. The van der Waals surface area contributed by atoms with Crippen LogP contribution in [0.5, 0.6) is 0 Å². The first-order valence-electron chi connectivity index (χ1n) is 10.4. The van der Waals surface area contributed by atoms with Crippen LogP contribution in [0.15, 0.2) is 64.3 Å². The second-order valence-corrected chi connectivity index (χ2v) is 10.0. The van der Waals surface area contributed by atoms with Crippen molar-refractivity contribution in [3.05, 3.63) is 85.5 Å². The smallest absolute Gasteiger partial charge is 0.269 e. The van der Waals surface area contributed by atoms with E-state index in [9.17, 15) is 14.9 Å². The highest BCUT2D eigenvalue weighted by Gasteiger charge is 2.42. The summed E-state index contributed by atoms with van der Waals surface area (Å²) in [7, 11) is 0. The van der Waals surface area contributed by atoms with Gasteiger partial charge in [-0.05, 0) is 41.7 Å². The van der Waals surface area contributed by atoms with Crippen LogP contribution < -0.4 is 5.32 Å². The number of non-ortho nitro benzene ring substituents is 1. The fourth-order valence-electron chi connectivity index (χ4n) is 4.78. The predicted molar refractivity (Wildman–Crippen MR) is 125 cm³/mol. The lowest BCUT2D eigenvalue weighted by molar-refractivity contribution is -0.384. The number of aromatic amines is 1. The van der Waals surface area contributed by atoms with Gasteiger partial charge < -0.3 is 5.32 Å². The number of carbonyl (C=O) groups excluding carboxylic acids is 1. The minimum atomic E-state index is -0.419. The van der Waals surface area contributed by atoms with Crippen molar-refractivity contribution in [1.82, 2.24) is 10.2 Å². The molecule has 2 aliphatic rings. The Bertz CT molecular complexity index is 1290. The standard InChI is InChI=1S/C24H21BrN4O3/c1-24(2)11-17-20(18(30)12-24)19(14-4-3-5-15(25)10-14)21-22(27-28-23(21)26-17)13-6-8-16(9-7-13)29(31)32/h3-10,19H,11-12H2,1-2H3,(H2,26,27,28)/t19-/m0/s1. The van der Waals surface area contributed by atoms with E-state index < -0.39 is 4.92 Å². The molecule has 162 valence electrons. The maximum Gasteiger partial charge on any atom is 0.269 e. The number of allylic oxidation sites excluding steroid dienone is 2. The van der Waals surface area contributed by atoms with Gasteiger partial charge in [0.05, 0.1) is 10.6 Å². The Morgan fingerprint density at radius 1 is 1.16 bits per heavy atom. The molecule has 2 aromatic carbocycles. The van der Waals surface area contributed by atoms with E-state index in [-0.39, 0.29) is 22.8 Å². The molecule has 1 aromatic heterocycles. The molecular formula is C24H21BrN4O3. The Hall–Kier alpha value is -3.26. The molecule has 0 bridgehead atoms. The summed E-state index contributed by atoms with van der Waals surface area (Å²) in [6.45, 7) is 4.21. The highest BCUT2D eigenvalue weighted by molar-refractivity contribution is 9.10. The molecule has 32 heavy (non-hydrogen) atoms. The van der Waals surface area contributed by atoms with Gasteiger partial charge >= 0.3 is 0 Å². The van der Waals surface area contributed by atoms with Gasteiger partial charge in [0.25, 0.3) is 5.69 Å². The van der Waals surface area contributed by atoms with Gasteiger partial charge in [-0.3, -0.25) is 20.0 Å². The molecule has 1 aliphatic heterocycles. The first kappa shape index (κ1) is 20.6. The number of nitro benzene ring substituents is 1. The number of nitrogens with one attached hydrogen (secondary N) is 2. The fraction of sp³-hybridized carbons (Fsp3) is 0.250. The van der Waals surface area contributed by atoms with Gasteiger partial charge in [-0.2, -0.15) is 5.10 Å². The van der Waals surface area contributed by atoms with Crippen LogP contribution in [0.2, 0.25) is 0 Å². The number of halogens is 1. The SMILES string of the molecule is CC1(C)CC(=O)C2=C(C1)Nc1n[nH]c(-c3ccc([N+](=O)[O-])cc3)c1[C@H]2c1cccc(Br)c1. The lowest BCUT2D eigenvalue weighted by atomic mass is 9.69. The highest BCUT2D eigenvalue weighted by Crippen LogP contribution is 2.51. The van der Waals surface area contributed by atoms with Crippen LogP contribution in [-0.4, -0.2) is 20.9 Å². The summed E-state index contributed by atoms with van der Waals surface area (Å²) in [4.78, 5) is 24.1. The number of ketones is 1. The molecule has 5 rings (SSSR count). The molecule has 0 radical (unpaired) electrons. The minimum absolute atomic E-state index is 0.0264. The molecule has 8 heteroatoms. The molecule has 0 amide bonds. The van der Waals surface area contributed by atoms with Gasteiger partial charge in [0, 0.05) is 51.3 Å². The summed E-state index contributed by atoms with van der Waals surface area (Å²) >= 11 is 3.56. The zero-order valence-corrected chi connectivity index (χ0v) is 19.2. The summed E-state index contributed by atoms with van der Waals surface area (Å²) in [5.41, 5.74) is 4.99. The number of hydrogen-bond acceptors (Lipinski definition) is 5. The molecule has 0 fully saturated rings. The lowest BCUT2D eigenvalue weighted by Crippen LogP contribution is -2.33. The molecule has 2 heterocycles. The summed E-state index contributed by atoms with van der Waals surface area (Å²) in [6.07, 6.45) is 1.25. The fourth-order valence-corrected chi connectivity index (χ4v) is 5.20. The van der Waals surface area contributed by atoms with Crippen molar-refractivity contribution in [2.75, 3.05) is 5.32 Å². The third-order valence-corrected chi connectivity index (χ3v) is 6.61. The van der Waals surface area contributed by atoms with E-state index in [1.807, 2.05) is 24.3 Å². The van der Waals surface area contributed by atoms with Crippen LogP contribution in [0.25, 0.3) is 11.3 Å². The van der Waals surface area contributed by atoms with Crippen molar-refractivity contribution in [2.45, 2.75) is 32.6 Å². The number of nitrogens with zero attached hydrogens (tertiary/aromatic N) is 2. The van der Waals surface area contributed by atoms with Gasteiger partial charge in [-0.25, -0.2) is 0 Å². The molecule has 1 aliphatic carbocycles. The topological polar surface area (TPSA) is 101 Å². The third kappa shape index (κ3) is 3.44. The van der Waals surface area contributed by atoms with E-state index >= 15 is 0 Å². The predicted octanol–water partition coefficient (Wildman–Crippen LogP) is 5.95. The number of H-pyrrole nitrogens is 1. The Labute approximate surface area is 193 Å². The number of fused-ring (bicyclic) bond motifs is 1. The maximum absolute atomic E-state index is 13.4. The Morgan fingerprint density at radius 2 is 1.91 bits per heavy atom. The second-order valence-electron chi connectivity index (χ2n) is 9.11. The van der Waals surface area contributed by atoms with Crippen LogP contribution in [0.1, 0.15) is 43.7 Å². The van der Waals surface area contributed by atoms with E-state index in [0.29, 0.717) is 12.2 Å². The van der Waals surface area contributed by atoms with Crippen LogP contribution >= 0.6 is 15.9 Å². The van der Waals surface area contributed by atoms with Crippen LogP contribution in [0.4, 0.5) is 11.5 Å². The summed E-state index contributed by atoms with van der Waals surface area (Å²) in [5, 5.41) is 22.1. The Balaban J connectivity index is 1.71. The van der Waals surface area contributed by atoms with E-state index in [4.69, 9.17) is 0 Å². The number of aromatic nitrogens is 2. The monoisotopic (exact) mass is 492 g/mol. The van der Waals surface area contributed by atoms with Crippen molar-refractivity contribution >= 4 is 33.2 Å². The average Bonchev–Trinajstić information content (AvgIpc) is 3.15. The number of benzene rings is 2. The molecule has 1 atom stereocenters. The van der Waals surface area contributed by atoms with Crippen LogP contribution in [-0.2, 0) is 4.79 Å². The molecule has 2 N–H and O–H groups in total. The number of anilines is 1. The van der Waals surface area contributed by atoms with Crippen molar-refractivity contribution in [2.24, 2.45) is 5.41 Å². The van der Waals surface area contributed by atoms with E-state index in [1.54, 1.807) is 12.1 Å². The number of carbonyl (C=O) groups is 1. The number of Topliss-reactive ketones (excluding diaryl/α,β-unsaturated/α-hetero) is 1. The zero-order chi connectivity index (χ0) is 22.6. The second kappa shape index (κ2) is 7.41. The summed E-state index contributed by atoms with van der Waals surface area (Å²) < 4.78 is 0.932. The van der Waals surface area contributed by atoms with Crippen molar-refractivity contribution < 1.29 is 9.72 Å². The van der Waals surface area contributed by atoms with Crippen molar-refractivity contribution in [3.8, 4) is 11.3 Å². The Morgan fingerprint density at radius 3 is 2.59 bits per heavy atom. The maximum atomic E-state index is 13.4. The average molecular weight is 493 g/mol. The number of rotatable bonds is 3. The minimum Gasteiger partial charge on any atom is -0.342 e. The van der Waals surface area contributed by atoms with E-state index in [0.717, 1.165) is 44.5 Å². The van der Waals surface area contributed by atoms with Gasteiger partial charge in [0.1, 0.15) is 0 Å². The molecular weight excluding hydrogens is 472 g/mol. The molecule has 0 spiro atoms. The van der Waals surface area contributed by atoms with Crippen molar-refractivity contribution in [3.63, 3.8) is 0 Å². The third-order valence-electron chi connectivity index (χ3n) is 6.12. The Kier molecular flexibility index (Phi) is 4.78. The highest BCUT2D eigenvalue weighted by atomic mass is 79.9. The number of nitro groups is 1. The quantitative estimate of drug-likeness (QED) is 0.347. The van der Waals surface area contributed by atoms with Gasteiger partial charge in [0.2, 0.25) is 0 Å². The first-order valence-corrected chi connectivity index (χ1v) is 11.1. The zero-order valence-electron chi connectivity index (χ0n) is 17.6. The van der Waals surface area contributed by atoms with Gasteiger partial charge in [-0.1, -0.05) is 41.9 Å². The molecule has 0 unspecified atom stereocenters. The van der Waals surface area contributed by atoms with E-state index in [1.165, 1.54) is 12.1 Å². The van der Waals surface area contributed by atoms with Gasteiger partial charge in [-0.15, -0.1) is 0 Å². The lowest BCUT2D eigenvalue weighted by Gasteiger charge is -2.38. The molecule has 7 nitrogen and oxygen atoms in total. The van der Waals surface area contributed by atoms with Crippen molar-refractivity contribution in [1.29, 1.82) is 0 Å². The molecule has 0 saturated heterocycles. The molecule has 0 saturated carbocycles. The van der Waals surface area contributed by atoms with Crippen LogP contribution in [0, 0.1) is 15.5 Å².